The highest BCUT2D eigenvalue weighted by Crippen LogP contribution is 2.30. The standard InChI is InChI=1S/C13H18BrClN2O3S/c1-4-17(5-2)12(18)8-21(19,20)16-13-9(3)6-10(14)7-11(13)15/h6-7,16H,4-5,8H2,1-3H3. The van der Waals surface area contributed by atoms with E-state index in [4.69, 9.17) is 11.6 Å². The Bertz CT molecular complexity index is 607. The molecule has 0 saturated heterocycles. The topological polar surface area (TPSA) is 66.5 Å². The van der Waals surface area contributed by atoms with Crippen LogP contribution in [0.15, 0.2) is 16.6 Å². The van der Waals surface area contributed by atoms with Gasteiger partial charge in [0.15, 0.2) is 0 Å². The Morgan fingerprint density at radius 1 is 1.33 bits per heavy atom. The molecule has 0 aliphatic heterocycles. The number of amides is 1. The van der Waals surface area contributed by atoms with Gasteiger partial charge in [0.25, 0.3) is 0 Å². The molecule has 0 saturated carbocycles. The number of benzene rings is 1. The third kappa shape index (κ3) is 5.16. The lowest BCUT2D eigenvalue weighted by Crippen LogP contribution is -2.37. The Kier molecular flexibility index (Phi) is 6.49. The number of anilines is 1. The summed E-state index contributed by atoms with van der Waals surface area (Å²) < 4.78 is 27.4. The minimum atomic E-state index is -3.80. The third-order valence-corrected chi connectivity index (χ3v) is 4.84. The first-order chi connectivity index (χ1) is 9.70. The molecule has 1 aromatic rings. The molecule has 118 valence electrons. The van der Waals surface area contributed by atoms with E-state index in [0.717, 1.165) is 4.47 Å². The molecule has 0 aromatic heterocycles. The van der Waals surface area contributed by atoms with Crippen LogP contribution < -0.4 is 4.72 Å². The first-order valence-corrected chi connectivity index (χ1v) is 9.26. The number of halogens is 2. The SMILES string of the molecule is CCN(CC)C(=O)CS(=O)(=O)Nc1c(C)cc(Br)cc1Cl. The van der Waals surface area contributed by atoms with Crippen LogP contribution in [0.2, 0.25) is 5.02 Å². The number of aryl methyl sites for hydroxylation is 1. The zero-order valence-corrected chi connectivity index (χ0v) is 15.3. The quantitative estimate of drug-likeness (QED) is 0.802. The molecule has 21 heavy (non-hydrogen) atoms. The molecule has 0 spiro atoms. The number of nitrogens with one attached hydrogen (secondary N) is 1. The van der Waals surface area contributed by atoms with Crippen molar-refractivity contribution in [1.29, 1.82) is 0 Å². The number of hydrogen-bond acceptors (Lipinski definition) is 3. The number of rotatable bonds is 6. The lowest BCUT2D eigenvalue weighted by molar-refractivity contribution is -0.128. The normalized spacial score (nSPS) is 11.3. The van der Waals surface area contributed by atoms with Gasteiger partial charge in [-0.1, -0.05) is 27.5 Å². The minimum Gasteiger partial charge on any atom is -0.342 e. The summed E-state index contributed by atoms with van der Waals surface area (Å²) >= 11 is 9.32. The fourth-order valence-corrected chi connectivity index (χ4v) is 4.09. The van der Waals surface area contributed by atoms with Gasteiger partial charge in [0.1, 0.15) is 5.75 Å². The van der Waals surface area contributed by atoms with Crippen LogP contribution in [0.3, 0.4) is 0 Å². The zero-order valence-electron chi connectivity index (χ0n) is 12.1. The highest BCUT2D eigenvalue weighted by atomic mass is 79.9. The van der Waals surface area contributed by atoms with E-state index >= 15 is 0 Å². The molecule has 1 aromatic carbocycles. The molecule has 1 rings (SSSR count). The summed E-state index contributed by atoms with van der Waals surface area (Å²) in [6.07, 6.45) is 0. The summed E-state index contributed by atoms with van der Waals surface area (Å²) in [6, 6.07) is 3.34. The van der Waals surface area contributed by atoms with Crippen molar-refractivity contribution >= 4 is 49.1 Å². The first-order valence-electron chi connectivity index (χ1n) is 6.44. The van der Waals surface area contributed by atoms with Crippen molar-refractivity contribution in [3.05, 3.63) is 27.2 Å². The average Bonchev–Trinajstić information content (AvgIpc) is 2.34. The molecule has 1 amide bonds. The highest BCUT2D eigenvalue weighted by molar-refractivity contribution is 9.10. The molecule has 0 aliphatic carbocycles. The van der Waals surface area contributed by atoms with Crippen LogP contribution in [0.25, 0.3) is 0 Å². The molecule has 0 unspecified atom stereocenters. The van der Waals surface area contributed by atoms with Crippen molar-refractivity contribution in [2.75, 3.05) is 23.6 Å². The van der Waals surface area contributed by atoms with Gasteiger partial charge in [-0.15, -0.1) is 0 Å². The third-order valence-electron chi connectivity index (χ3n) is 2.94. The van der Waals surface area contributed by atoms with Crippen LogP contribution in [0, 0.1) is 6.92 Å². The van der Waals surface area contributed by atoms with Crippen molar-refractivity contribution in [3.8, 4) is 0 Å². The van der Waals surface area contributed by atoms with E-state index in [0.29, 0.717) is 24.3 Å². The maximum absolute atomic E-state index is 12.1. The van der Waals surface area contributed by atoms with E-state index in [9.17, 15) is 13.2 Å². The maximum Gasteiger partial charge on any atom is 0.241 e. The molecule has 0 aliphatic rings. The van der Waals surface area contributed by atoms with Crippen molar-refractivity contribution in [1.82, 2.24) is 4.90 Å². The van der Waals surface area contributed by atoms with Crippen molar-refractivity contribution in [3.63, 3.8) is 0 Å². The second-order valence-corrected chi connectivity index (χ2v) is 7.55. The molecular formula is C13H18BrClN2O3S. The lowest BCUT2D eigenvalue weighted by Gasteiger charge is -2.19. The molecule has 0 atom stereocenters. The van der Waals surface area contributed by atoms with Crippen LogP contribution in [0.1, 0.15) is 19.4 Å². The summed E-state index contributed by atoms with van der Waals surface area (Å²) in [4.78, 5) is 13.4. The average molecular weight is 398 g/mol. The van der Waals surface area contributed by atoms with Gasteiger partial charge in [0, 0.05) is 17.6 Å². The van der Waals surface area contributed by atoms with Crippen LogP contribution in [-0.4, -0.2) is 38.1 Å². The van der Waals surface area contributed by atoms with Crippen molar-refractivity contribution < 1.29 is 13.2 Å². The van der Waals surface area contributed by atoms with Gasteiger partial charge < -0.3 is 4.90 Å². The predicted molar refractivity (Wildman–Crippen MR) is 89.2 cm³/mol. The number of hydrogen-bond donors (Lipinski definition) is 1. The van der Waals surface area contributed by atoms with Crippen LogP contribution in [0.5, 0.6) is 0 Å². The van der Waals surface area contributed by atoms with Crippen LogP contribution in [0.4, 0.5) is 5.69 Å². The van der Waals surface area contributed by atoms with Gasteiger partial charge in [0.05, 0.1) is 10.7 Å². The van der Waals surface area contributed by atoms with Crippen molar-refractivity contribution in [2.45, 2.75) is 20.8 Å². The second kappa shape index (κ2) is 7.47. The van der Waals surface area contributed by atoms with Gasteiger partial charge in [-0.2, -0.15) is 0 Å². The smallest absolute Gasteiger partial charge is 0.241 e. The molecule has 0 heterocycles. The monoisotopic (exact) mass is 396 g/mol. The van der Waals surface area contributed by atoms with Gasteiger partial charge in [-0.3, -0.25) is 9.52 Å². The van der Waals surface area contributed by atoms with E-state index in [2.05, 4.69) is 20.7 Å². The van der Waals surface area contributed by atoms with E-state index in [1.807, 2.05) is 0 Å². The number of carbonyl (C=O) groups excluding carboxylic acids is 1. The second-order valence-electron chi connectivity index (χ2n) is 4.51. The van der Waals surface area contributed by atoms with E-state index in [1.54, 1.807) is 32.9 Å². The van der Waals surface area contributed by atoms with E-state index in [-0.39, 0.29) is 5.02 Å². The Morgan fingerprint density at radius 2 is 1.90 bits per heavy atom. The summed E-state index contributed by atoms with van der Waals surface area (Å²) in [5.41, 5.74) is 0.973. The summed E-state index contributed by atoms with van der Waals surface area (Å²) in [5, 5.41) is 0.278. The Morgan fingerprint density at radius 3 is 2.38 bits per heavy atom. The molecule has 0 fully saturated rings. The Balaban J connectivity index is 2.94. The van der Waals surface area contributed by atoms with Gasteiger partial charge in [0.2, 0.25) is 15.9 Å². The number of carbonyl (C=O) groups is 1. The summed E-state index contributed by atoms with van der Waals surface area (Å²) in [7, 11) is -3.80. The Labute approximate surface area is 138 Å². The van der Waals surface area contributed by atoms with E-state index in [1.165, 1.54) is 4.90 Å². The molecule has 0 radical (unpaired) electrons. The zero-order chi connectivity index (χ0) is 16.2. The minimum absolute atomic E-state index is 0.278. The number of sulfonamides is 1. The Hall–Kier alpha value is -0.790. The molecule has 0 bridgehead atoms. The summed E-state index contributed by atoms with van der Waals surface area (Å²) in [5.74, 6) is -1.03. The molecule has 5 nitrogen and oxygen atoms in total. The molecule has 1 N–H and O–H groups in total. The van der Waals surface area contributed by atoms with E-state index < -0.39 is 21.7 Å². The van der Waals surface area contributed by atoms with Crippen LogP contribution >= 0.6 is 27.5 Å². The van der Waals surface area contributed by atoms with Crippen LogP contribution in [-0.2, 0) is 14.8 Å². The predicted octanol–water partition coefficient (Wildman–Crippen LogP) is 3.02. The largest absolute Gasteiger partial charge is 0.342 e. The fourth-order valence-electron chi connectivity index (χ4n) is 1.85. The highest BCUT2D eigenvalue weighted by Gasteiger charge is 2.21. The fraction of sp³-hybridized carbons (Fsp3) is 0.462. The molecule has 8 heteroatoms. The van der Waals surface area contributed by atoms with Gasteiger partial charge in [-0.05, 0) is 38.5 Å². The number of nitrogens with zero attached hydrogens (tertiary/aromatic N) is 1. The summed E-state index contributed by atoms with van der Waals surface area (Å²) in [6.45, 7) is 6.29. The lowest BCUT2D eigenvalue weighted by atomic mass is 10.2. The maximum atomic E-state index is 12.1. The van der Waals surface area contributed by atoms with Crippen molar-refractivity contribution in [2.24, 2.45) is 0 Å². The molecular weight excluding hydrogens is 380 g/mol. The van der Waals surface area contributed by atoms with Gasteiger partial charge in [-0.25, -0.2) is 8.42 Å². The van der Waals surface area contributed by atoms with Gasteiger partial charge >= 0.3 is 0 Å². The first kappa shape index (κ1) is 18.3.